The number of rotatable bonds is 5. The molecule has 0 atom stereocenters. The Morgan fingerprint density at radius 1 is 1.29 bits per heavy atom. The number of nitrogens with one attached hydrogen (secondary N) is 2. The lowest BCUT2D eigenvalue weighted by Crippen LogP contribution is -2.13. The molecule has 1 aromatic heterocycles. The number of sulfonamides is 1. The highest BCUT2D eigenvalue weighted by molar-refractivity contribution is 9.11. The largest absolute Gasteiger partial charge is 0.315 e. The van der Waals surface area contributed by atoms with Gasteiger partial charge >= 0.3 is 0 Å². The van der Waals surface area contributed by atoms with Crippen LogP contribution in [-0.2, 0) is 16.6 Å². The fraction of sp³-hybridized carbons (Fsp3) is 0.167. The van der Waals surface area contributed by atoms with Crippen molar-refractivity contribution in [2.75, 3.05) is 11.8 Å². The van der Waals surface area contributed by atoms with Crippen LogP contribution in [0.3, 0.4) is 0 Å². The highest BCUT2D eigenvalue weighted by Crippen LogP contribution is 2.33. The molecule has 0 unspecified atom stereocenters. The first kappa shape index (κ1) is 16.9. The Morgan fingerprint density at radius 2 is 2.00 bits per heavy atom. The Kier molecular flexibility index (Phi) is 5.42. The van der Waals surface area contributed by atoms with E-state index in [1.807, 2.05) is 0 Å². The van der Waals surface area contributed by atoms with Crippen molar-refractivity contribution in [1.82, 2.24) is 5.32 Å². The van der Waals surface area contributed by atoms with Gasteiger partial charge < -0.3 is 5.32 Å². The molecule has 1 heterocycles. The Morgan fingerprint density at radius 3 is 2.62 bits per heavy atom. The van der Waals surface area contributed by atoms with Gasteiger partial charge in [-0.3, -0.25) is 4.72 Å². The average Bonchev–Trinajstić information content (AvgIpc) is 2.76. The molecule has 0 fully saturated rings. The van der Waals surface area contributed by atoms with Crippen molar-refractivity contribution in [1.29, 1.82) is 0 Å². The smallest absolute Gasteiger partial charge is 0.263 e. The molecule has 21 heavy (non-hydrogen) atoms. The summed E-state index contributed by atoms with van der Waals surface area (Å²) >= 11 is 7.61. The zero-order valence-electron chi connectivity index (χ0n) is 10.8. The maximum Gasteiger partial charge on any atom is 0.263 e. The van der Waals surface area contributed by atoms with Crippen LogP contribution in [0.15, 0.2) is 37.4 Å². The van der Waals surface area contributed by atoms with Crippen LogP contribution in [0, 0.1) is 5.82 Å². The fourth-order valence-corrected chi connectivity index (χ4v) is 5.60. The molecule has 0 spiro atoms. The first-order chi connectivity index (χ1) is 9.83. The van der Waals surface area contributed by atoms with Crippen LogP contribution < -0.4 is 10.0 Å². The normalized spacial score (nSPS) is 11.6. The van der Waals surface area contributed by atoms with E-state index in [9.17, 15) is 12.8 Å². The van der Waals surface area contributed by atoms with Crippen LogP contribution in [0.4, 0.5) is 10.1 Å². The summed E-state index contributed by atoms with van der Waals surface area (Å²) in [5.41, 5.74) is 0.170. The van der Waals surface area contributed by atoms with Crippen LogP contribution in [0.1, 0.15) is 4.88 Å². The predicted octanol–water partition coefficient (Wildman–Crippen LogP) is 3.93. The molecule has 0 saturated carbocycles. The number of hydrogen-bond donors (Lipinski definition) is 2. The molecule has 1 aromatic carbocycles. The zero-order chi connectivity index (χ0) is 15.6. The van der Waals surface area contributed by atoms with Gasteiger partial charge in [0.2, 0.25) is 0 Å². The van der Waals surface area contributed by atoms with Crippen LogP contribution in [0.25, 0.3) is 0 Å². The number of anilines is 1. The summed E-state index contributed by atoms with van der Waals surface area (Å²) in [5.74, 6) is -0.532. The highest BCUT2D eigenvalue weighted by Gasteiger charge is 2.21. The second kappa shape index (κ2) is 6.74. The zero-order valence-corrected chi connectivity index (χ0v) is 15.6. The summed E-state index contributed by atoms with van der Waals surface area (Å²) in [7, 11) is -1.98. The molecule has 0 bridgehead atoms. The maximum atomic E-state index is 13.4. The van der Waals surface area contributed by atoms with Crippen molar-refractivity contribution in [2.24, 2.45) is 0 Å². The number of hydrogen-bond acceptors (Lipinski definition) is 4. The van der Waals surface area contributed by atoms with Gasteiger partial charge in [0.05, 0.1) is 13.9 Å². The minimum absolute atomic E-state index is 0.140. The average molecular weight is 458 g/mol. The Hall–Kier alpha value is -0.480. The van der Waals surface area contributed by atoms with Crippen molar-refractivity contribution >= 4 is 58.9 Å². The van der Waals surface area contributed by atoms with E-state index >= 15 is 0 Å². The highest BCUT2D eigenvalue weighted by atomic mass is 79.9. The number of benzene rings is 1. The van der Waals surface area contributed by atoms with E-state index < -0.39 is 15.8 Å². The van der Waals surface area contributed by atoms with Gasteiger partial charge in [0.15, 0.2) is 0 Å². The molecule has 0 aliphatic rings. The monoisotopic (exact) mass is 456 g/mol. The number of thiophene rings is 1. The van der Waals surface area contributed by atoms with Crippen molar-refractivity contribution in [3.05, 3.63) is 43.2 Å². The maximum absolute atomic E-state index is 13.4. The lowest BCUT2D eigenvalue weighted by molar-refractivity contribution is 0.601. The second-order valence-corrected chi connectivity index (χ2v) is 9.08. The molecule has 2 rings (SSSR count). The molecule has 0 saturated heterocycles. The lowest BCUT2D eigenvalue weighted by Gasteiger charge is -2.07. The summed E-state index contributed by atoms with van der Waals surface area (Å²) in [6.07, 6.45) is 0. The van der Waals surface area contributed by atoms with E-state index in [0.29, 0.717) is 10.3 Å². The van der Waals surface area contributed by atoms with E-state index in [-0.39, 0.29) is 15.1 Å². The Labute approximate surface area is 143 Å². The third-order valence-electron chi connectivity index (χ3n) is 2.52. The minimum atomic E-state index is -3.77. The molecular formula is C12H11Br2FN2O2S2. The van der Waals surface area contributed by atoms with E-state index in [2.05, 4.69) is 41.9 Å². The van der Waals surface area contributed by atoms with Gasteiger partial charge in [0.1, 0.15) is 10.7 Å². The van der Waals surface area contributed by atoms with E-state index in [1.165, 1.54) is 23.5 Å². The van der Waals surface area contributed by atoms with Gasteiger partial charge in [-0.2, -0.15) is 0 Å². The molecule has 2 N–H and O–H groups in total. The summed E-state index contributed by atoms with van der Waals surface area (Å²) < 4.78 is 41.3. The van der Waals surface area contributed by atoms with E-state index in [1.54, 1.807) is 13.1 Å². The SMILES string of the molecule is CNCc1cc(S(=O)(=O)Nc2ccc(Br)c(F)c2)c(Br)s1. The first-order valence-electron chi connectivity index (χ1n) is 5.74. The van der Waals surface area contributed by atoms with Gasteiger partial charge in [-0.25, -0.2) is 12.8 Å². The van der Waals surface area contributed by atoms with Crippen LogP contribution in [0.5, 0.6) is 0 Å². The Bertz CT molecular complexity index is 763. The molecule has 114 valence electrons. The second-order valence-electron chi connectivity index (χ2n) is 4.12. The van der Waals surface area contributed by atoms with Crippen LogP contribution in [-0.4, -0.2) is 15.5 Å². The summed E-state index contributed by atoms with van der Waals surface area (Å²) in [4.78, 5) is 1.02. The quantitative estimate of drug-likeness (QED) is 0.714. The summed E-state index contributed by atoms with van der Waals surface area (Å²) in [6, 6.07) is 5.64. The van der Waals surface area contributed by atoms with E-state index in [0.717, 1.165) is 10.9 Å². The first-order valence-corrected chi connectivity index (χ1v) is 9.62. The minimum Gasteiger partial charge on any atom is -0.315 e. The third kappa shape index (κ3) is 4.04. The van der Waals surface area contributed by atoms with Crippen LogP contribution in [0.2, 0.25) is 0 Å². The van der Waals surface area contributed by atoms with Crippen LogP contribution >= 0.6 is 43.2 Å². The van der Waals surface area contributed by atoms with Gasteiger partial charge in [0, 0.05) is 11.4 Å². The van der Waals surface area contributed by atoms with Crippen molar-refractivity contribution in [3.63, 3.8) is 0 Å². The van der Waals surface area contributed by atoms with Crippen molar-refractivity contribution in [2.45, 2.75) is 11.4 Å². The Balaban J connectivity index is 2.31. The van der Waals surface area contributed by atoms with Gasteiger partial charge in [-0.1, -0.05) is 0 Å². The molecule has 4 nitrogen and oxygen atoms in total. The molecular weight excluding hydrogens is 447 g/mol. The van der Waals surface area contributed by atoms with Crippen molar-refractivity contribution in [3.8, 4) is 0 Å². The summed E-state index contributed by atoms with van der Waals surface area (Å²) in [5, 5.41) is 2.96. The van der Waals surface area contributed by atoms with Gasteiger partial charge in [0.25, 0.3) is 10.0 Å². The molecule has 0 radical (unpaired) electrons. The predicted molar refractivity (Wildman–Crippen MR) is 89.7 cm³/mol. The lowest BCUT2D eigenvalue weighted by atomic mass is 10.3. The number of halogens is 3. The molecule has 0 aliphatic carbocycles. The molecule has 0 aliphatic heterocycles. The third-order valence-corrected chi connectivity index (χ3v) is 6.80. The van der Waals surface area contributed by atoms with Gasteiger partial charge in [-0.15, -0.1) is 11.3 Å². The fourth-order valence-electron chi connectivity index (χ4n) is 1.61. The molecule has 2 aromatic rings. The molecule has 0 amide bonds. The molecule has 9 heteroatoms. The standard InChI is InChI=1S/C12H11Br2FN2O2S2/c1-16-6-8-5-11(12(14)20-8)21(18,19)17-7-2-3-9(13)10(15)4-7/h2-5,16-17H,6H2,1H3. The van der Waals surface area contributed by atoms with E-state index in [4.69, 9.17) is 0 Å². The topological polar surface area (TPSA) is 58.2 Å². The van der Waals surface area contributed by atoms with Crippen molar-refractivity contribution < 1.29 is 12.8 Å². The van der Waals surface area contributed by atoms with Gasteiger partial charge in [-0.05, 0) is 63.2 Å². The summed E-state index contributed by atoms with van der Waals surface area (Å²) in [6.45, 7) is 0.575.